The fourth-order valence-corrected chi connectivity index (χ4v) is 5.07. The van der Waals surface area contributed by atoms with E-state index in [0.717, 1.165) is 25.2 Å². The Kier molecular flexibility index (Phi) is 8.91. The number of hydrogen-bond donors (Lipinski definition) is 1. The van der Waals surface area contributed by atoms with E-state index in [1.54, 1.807) is 42.3 Å². The summed E-state index contributed by atoms with van der Waals surface area (Å²) < 4.78 is 21.9. The molecule has 0 aromatic heterocycles. The molecule has 2 aliphatic heterocycles. The van der Waals surface area contributed by atoms with Gasteiger partial charge in [0.25, 0.3) is 11.7 Å². The quantitative estimate of drug-likeness (QED) is 0.286. The monoisotopic (exact) mass is 524 g/mol. The van der Waals surface area contributed by atoms with Gasteiger partial charge < -0.3 is 29.0 Å². The van der Waals surface area contributed by atoms with Gasteiger partial charge in [0.15, 0.2) is 11.5 Å². The van der Waals surface area contributed by atoms with Crippen molar-refractivity contribution in [1.82, 2.24) is 9.80 Å². The Morgan fingerprint density at radius 1 is 1.03 bits per heavy atom. The van der Waals surface area contributed by atoms with Crippen molar-refractivity contribution >= 4 is 17.4 Å². The molecule has 4 rings (SSSR count). The number of benzene rings is 2. The molecule has 1 amide bonds. The predicted octanol–water partition coefficient (Wildman–Crippen LogP) is 3.55. The zero-order valence-corrected chi connectivity index (χ0v) is 22.5. The lowest BCUT2D eigenvalue weighted by Crippen LogP contribution is -2.39. The Labute approximate surface area is 223 Å². The number of carbonyl (C=O) groups is 2. The van der Waals surface area contributed by atoms with Crippen LogP contribution in [0.2, 0.25) is 0 Å². The van der Waals surface area contributed by atoms with Gasteiger partial charge in [-0.3, -0.25) is 14.5 Å². The molecule has 0 bridgehead atoms. The van der Waals surface area contributed by atoms with E-state index in [0.29, 0.717) is 61.2 Å². The number of ketones is 1. The van der Waals surface area contributed by atoms with E-state index in [1.165, 1.54) is 7.11 Å². The maximum Gasteiger partial charge on any atom is 0.295 e. The third kappa shape index (κ3) is 5.63. The van der Waals surface area contributed by atoms with E-state index >= 15 is 0 Å². The molecule has 0 saturated carbocycles. The minimum atomic E-state index is -0.773. The van der Waals surface area contributed by atoms with Crippen LogP contribution in [0.25, 0.3) is 5.76 Å². The van der Waals surface area contributed by atoms with E-state index < -0.39 is 17.7 Å². The molecule has 2 heterocycles. The predicted molar refractivity (Wildman–Crippen MR) is 143 cm³/mol. The van der Waals surface area contributed by atoms with Crippen LogP contribution in [0.3, 0.4) is 0 Å². The maximum absolute atomic E-state index is 13.4. The van der Waals surface area contributed by atoms with Gasteiger partial charge >= 0.3 is 0 Å². The highest BCUT2D eigenvalue weighted by atomic mass is 16.5. The van der Waals surface area contributed by atoms with E-state index in [2.05, 4.69) is 4.90 Å². The number of methoxy groups -OCH3 is 2. The van der Waals surface area contributed by atoms with Crippen molar-refractivity contribution in [2.75, 3.05) is 60.2 Å². The van der Waals surface area contributed by atoms with Crippen molar-refractivity contribution < 1.29 is 33.6 Å². The number of amides is 1. The molecular weight excluding hydrogens is 488 g/mol. The molecule has 0 radical (unpaired) electrons. The van der Waals surface area contributed by atoms with Crippen LogP contribution < -0.4 is 14.2 Å². The summed E-state index contributed by atoms with van der Waals surface area (Å²) >= 11 is 0. The van der Waals surface area contributed by atoms with Crippen LogP contribution in [0.4, 0.5) is 0 Å². The van der Waals surface area contributed by atoms with Crippen LogP contribution >= 0.6 is 0 Å². The molecule has 38 heavy (non-hydrogen) atoms. The van der Waals surface area contributed by atoms with Gasteiger partial charge in [-0.25, -0.2) is 0 Å². The van der Waals surface area contributed by atoms with Gasteiger partial charge in [-0.15, -0.1) is 0 Å². The molecule has 204 valence electrons. The third-order valence-corrected chi connectivity index (χ3v) is 7.00. The molecule has 9 heteroatoms. The molecule has 2 saturated heterocycles. The first-order valence-corrected chi connectivity index (χ1v) is 12.9. The SMILES string of the molecule is CCOc1ccc(C(O)=C2C(=O)C(=O)N(CCCN3CCOCC3)[C@@H]2c2ccc(OC)c(OC)c2)c(C)c1. The second kappa shape index (κ2) is 12.3. The molecule has 0 unspecified atom stereocenters. The Bertz CT molecular complexity index is 1200. The molecule has 0 aliphatic carbocycles. The topological polar surface area (TPSA) is 97.8 Å². The minimum Gasteiger partial charge on any atom is -0.507 e. The lowest BCUT2D eigenvalue weighted by atomic mass is 9.93. The van der Waals surface area contributed by atoms with Crippen LogP contribution in [0.1, 0.15) is 36.1 Å². The normalized spacial score (nSPS) is 19.6. The molecular formula is C29H36N2O7. The fraction of sp³-hybridized carbons (Fsp3) is 0.448. The first-order chi connectivity index (χ1) is 18.4. The number of Topliss-reactive ketones (excluding diaryl/α,β-unsaturated/α-hetero) is 1. The fourth-order valence-electron chi connectivity index (χ4n) is 5.07. The minimum absolute atomic E-state index is 0.0563. The Morgan fingerprint density at radius 2 is 1.76 bits per heavy atom. The number of nitrogens with zero attached hydrogens (tertiary/aromatic N) is 2. The molecule has 0 spiro atoms. The highest BCUT2D eigenvalue weighted by Crippen LogP contribution is 2.42. The summed E-state index contributed by atoms with van der Waals surface area (Å²) in [5.41, 5.74) is 1.92. The van der Waals surface area contributed by atoms with E-state index in [9.17, 15) is 14.7 Å². The van der Waals surface area contributed by atoms with Crippen molar-refractivity contribution in [3.8, 4) is 17.2 Å². The van der Waals surface area contributed by atoms with Crippen LogP contribution in [0, 0.1) is 6.92 Å². The number of morpholine rings is 1. The molecule has 1 N–H and O–H groups in total. The molecule has 2 aliphatic rings. The highest BCUT2D eigenvalue weighted by molar-refractivity contribution is 6.46. The van der Waals surface area contributed by atoms with Crippen LogP contribution in [0.5, 0.6) is 17.2 Å². The maximum atomic E-state index is 13.4. The number of ether oxygens (including phenoxy) is 4. The summed E-state index contributed by atoms with van der Waals surface area (Å²) in [6, 6.07) is 9.79. The zero-order valence-electron chi connectivity index (χ0n) is 22.5. The van der Waals surface area contributed by atoms with Gasteiger partial charge in [0.05, 0.1) is 45.7 Å². The van der Waals surface area contributed by atoms with Crippen LogP contribution in [-0.2, 0) is 14.3 Å². The van der Waals surface area contributed by atoms with Gasteiger partial charge in [-0.1, -0.05) is 6.07 Å². The summed E-state index contributed by atoms with van der Waals surface area (Å²) in [7, 11) is 3.08. The van der Waals surface area contributed by atoms with Crippen molar-refractivity contribution in [1.29, 1.82) is 0 Å². The largest absolute Gasteiger partial charge is 0.507 e. The van der Waals surface area contributed by atoms with Gasteiger partial charge in [0.2, 0.25) is 0 Å². The number of aliphatic hydroxyl groups is 1. The van der Waals surface area contributed by atoms with Gasteiger partial charge in [-0.2, -0.15) is 0 Å². The number of aryl methyl sites for hydroxylation is 1. The molecule has 9 nitrogen and oxygen atoms in total. The van der Waals surface area contributed by atoms with E-state index in [4.69, 9.17) is 18.9 Å². The van der Waals surface area contributed by atoms with Crippen molar-refractivity contribution in [2.45, 2.75) is 26.3 Å². The van der Waals surface area contributed by atoms with Crippen molar-refractivity contribution in [3.05, 3.63) is 58.7 Å². The summed E-state index contributed by atoms with van der Waals surface area (Å²) in [6.07, 6.45) is 0.679. The summed E-state index contributed by atoms with van der Waals surface area (Å²) in [6.45, 7) is 8.45. The summed E-state index contributed by atoms with van der Waals surface area (Å²) in [5, 5.41) is 11.5. The molecule has 2 fully saturated rings. The molecule has 2 aromatic carbocycles. The summed E-state index contributed by atoms with van der Waals surface area (Å²) in [4.78, 5) is 30.6. The lowest BCUT2D eigenvalue weighted by Gasteiger charge is -2.29. The second-order valence-electron chi connectivity index (χ2n) is 9.32. The highest BCUT2D eigenvalue weighted by Gasteiger charge is 2.46. The molecule has 2 aromatic rings. The first-order valence-electron chi connectivity index (χ1n) is 12.9. The van der Waals surface area contributed by atoms with Crippen LogP contribution in [-0.4, -0.2) is 86.8 Å². The van der Waals surface area contributed by atoms with Crippen molar-refractivity contribution in [3.63, 3.8) is 0 Å². The zero-order chi connectivity index (χ0) is 27.2. The Balaban J connectivity index is 1.74. The Hall–Kier alpha value is -3.56. The van der Waals surface area contributed by atoms with Gasteiger partial charge in [0.1, 0.15) is 11.5 Å². The van der Waals surface area contributed by atoms with E-state index in [-0.39, 0.29) is 11.3 Å². The number of rotatable bonds is 10. The average molecular weight is 525 g/mol. The third-order valence-electron chi connectivity index (χ3n) is 7.00. The molecule has 1 atom stereocenters. The Morgan fingerprint density at radius 3 is 2.42 bits per heavy atom. The van der Waals surface area contributed by atoms with Crippen molar-refractivity contribution in [2.24, 2.45) is 0 Å². The first kappa shape index (κ1) is 27.5. The van der Waals surface area contributed by atoms with E-state index in [1.807, 2.05) is 19.9 Å². The standard InChI is InChI=1S/C29H36N2O7/c1-5-38-21-8-9-22(19(2)17-21)27(32)25-26(20-7-10-23(35-3)24(18-20)36-4)31(29(34)28(25)33)12-6-11-30-13-15-37-16-14-30/h7-10,17-18,26,32H,5-6,11-16H2,1-4H3/t26-/m1/s1. The average Bonchev–Trinajstić information content (AvgIpc) is 3.18. The second-order valence-corrected chi connectivity index (χ2v) is 9.32. The van der Waals surface area contributed by atoms with Gasteiger partial charge in [0, 0.05) is 31.7 Å². The van der Waals surface area contributed by atoms with Crippen LogP contribution in [0.15, 0.2) is 42.0 Å². The summed E-state index contributed by atoms with van der Waals surface area (Å²) in [5.74, 6) is 0.129. The lowest BCUT2D eigenvalue weighted by molar-refractivity contribution is -0.140. The van der Waals surface area contributed by atoms with Gasteiger partial charge in [-0.05, 0) is 61.7 Å². The number of carbonyl (C=O) groups excluding carboxylic acids is 2. The smallest absolute Gasteiger partial charge is 0.295 e. The number of hydrogen-bond acceptors (Lipinski definition) is 8. The number of likely N-dealkylation sites (tertiary alicyclic amines) is 1. The number of aliphatic hydroxyl groups excluding tert-OH is 1.